The van der Waals surface area contributed by atoms with Gasteiger partial charge in [0.2, 0.25) is 5.91 Å². The van der Waals surface area contributed by atoms with Crippen LogP contribution in [-0.2, 0) is 11.2 Å². The van der Waals surface area contributed by atoms with Crippen LogP contribution in [0.3, 0.4) is 0 Å². The first-order valence-electron chi connectivity index (χ1n) is 7.39. The first kappa shape index (κ1) is 15.3. The van der Waals surface area contributed by atoms with E-state index in [1.807, 2.05) is 18.2 Å². The molecular weight excluding hydrogens is 268 g/mol. The molecule has 0 spiro atoms. The van der Waals surface area contributed by atoms with Gasteiger partial charge >= 0.3 is 6.03 Å². The van der Waals surface area contributed by atoms with Crippen molar-refractivity contribution in [1.82, 2.24) is 15.2 Å². The summed E-state index contributed by atoms with van der Waals surface area (Å²) >= 11 is 0. The van der Waals surface area contributed by atoms with Crippen molar-refractivity contribution in [2.45, 2.75) is 38.1 Å². The molecule has 1 aromatic heterocycles. The number of aromatic nitrogens is 1. The molecule has 2 rings (SSSR count). The minimum atomic E-state index is -0.354. The summed E-state index contributed by atoms with van der Waals surface area (Å²) in [6, 6.07) is 5.55. The Balaban J connectivity index is 1.81. The lowest BCUT2D eigenvalue weighted by Gasteiger charge is -2.35. The van der Waals surface area contributed by atoms with Crippen LogP contribution in [0.1, 0.15) is 31.4 Å². The maximum absolute atomic E-state index is 12.2. The second kappa shape index (κ2) is 7.61. The fraction of sp³-hybridized carbons (Fsp3) is 0.533. The maximum Gasteiger partial charge on any atom is 0.317 e. The molecule has 0 radical (unpaired) electrons. The van der Waals surface area contributed by atoms with Gasteiger partial charge in [0, 0.05) is 43.9 Å². The molecule has 2 heterocycles. The predicted molar refractivity (Wildman–Crippen MR) is 79.5 cm³/mol. The number of nitrogens with two attached hydrogens (primary N) is 1. The third-order valence-corrected chi connectivity index (χ3v) is 3.71. The summed E-state index contributed by atoms with van der Waals surface area (Å²) in [5.74, 6) is -0.354. The highest BCUT2D eigenvalue weighted by molar-refractivity contribution is 5.78. The summed E-state index contributed by atoms with van der Waals surface area (Å²) in [7, 11) is 0. The zero-order valence-corrected chi connectivity index (χ0v) is 12.1. The Labute approximate surface area is 124 Å². The largest absolute Gasteiger partial charge is 0.370 e. The van der Waals surface area contributed by atoms with E-state index in [1.54, 1.807) is 11.1 Å². The van der Waals surface area contributed by atoms with Crippen molar-refractivity contribution in [2.24, 2.45) is 5.73 Å². The minimum Gasteiger partial charge on any atom is -0.370 e. The molecule has 3 N–H and O–H groups in total. The average Bonchev–Trinajstić information content (AvgIpc) is 2.48. The van der Waals surface area contributed by atoms with Crippen molar-refractivity contribution >= 4 is 11.9 Å². The number of carbonyl (C=O) groups is 2. The first-order valence-corrected chi connectivity index (χ1v) is 7.39. The summed E-state index contributed by atoms with van der Waals surface area (Å²) < 4.78 is 0. The third kappa shape index (κ3) is 4.73. The van der Waals surface area contributed by atoms with E-state index >= 15 is 0 Å². The van der Waals surface area contributed by atoms with E-state index in [4.69, 9.17) is 5.73 Å². The molecule has 0 aromatic carbocycles. The van der Waals surface area contributed by atoms with Crippen molar-refractivity contribution in [2.75, 3.05) is 13.1 Å². The van der Waals surface area contributed by atoms with E-state index in [1.165, 1.54) is 0 Å². The lowest BCUT2D eigenvalue weighted by atomic mass is 9.99. The van der Waals surface area contributed by atoms with Crippen LogP contribution in [0.4, 0.5) is 4.79 Å². The van der Waals surface area contributed by atoms with E-state index in [2.05, 4.69) is 10.3 Å². The molecule has 1 fully saturated rings. The van der Waals surface area contributed by atoms with Crippen molar-refractivity contribution in [3.8, 4) is 0 Å². The topological polar surface area (TPSA) is 88.3 Å². The van der Waals surface area contributed by atoms with Crippen LogP contribution in [0.2, 0.25) is 0 Å². The summed E-state index contributed by atoms with van der Waals surface area (Å²) in [4.78, 5) is 29.3. The highest BCUT2D eigenvalue weighted by Crippen LogP contribution is 2.19. The number of piperidine rings is 1. The van der Waals surface area contributed by atoms with Crippen LogP contribution in [0, 0.1) is 0 Å². The zero-order chi connectivity index (χ0) is 15.1. The van der Waals surface area contributed by atoms with Crippen LogP contribution >= 0.6 is 0 Å². The Morgan fingerprint density at radius 3 is 2.95 bits per heavy atom. The van der Waals surface area contributed by atoms with Crippen LogP contribution in [0.5, 0.6) is 0 Å². The second-order valence-electron chi connectivity index (χ2n) is 5.32. The van der Waals surface area contributed by atoms with E-state index in [0.717, 1.165) is 25.0 Å². The number of primary amides is 1. The van der Waals surface area contributed by atoms with Crippen molar-refractivity contribution in [3.63, 3.8) is 0 Å². The highest BCUT2D eigenvalue weighted by atomic mass is 16.2. The zero-order valence-electron chi connectivity index (χ0n) is 12.1. The van der Waals surface area contributed by atoms with Crippen molar-refractivity contribution in [3.05, 3.63) is 30.1 Å². The molecule has 1 aliphatic rings. The highest BCUT2D eigenvalue weighted by Gasteiger charge is 2.27. The molecule has 6 nitrogen and oxygen atoms in total. The number of nitrogens with one attached hydrogen (secondary N) is 1. The molecule has 0 unspecified atom stereocenters. The molecule has 114 valence electrons. The Morgan fingerprint density at radius 1 is 1.38 bits per heavy atom. The van der Waals surface area contributed by atoms with E-state index in [0.29, 0.717) is 19.5 Å². The van der Waals surface area contributed by atoms with E-state index in [-0.39, 0.29) is 24.4 Å². The fourth-order valence-corrected chi connectivity index (χ4v) is 2.66. The molecule has 1 aliphatic heterocycles. The second-order valence-corrected chi connectivity index (χ2v) is 5.32. The Morgan fingerprint density at radius 2 is 2.24 bits per heavy atom. The Kier molecular flexibility index (Phi) is 5.54. The smallest absolute Gasteiger partial charge is 0.317 e. The van der Waals surface area contributed by atoms with Gasteiger partial charge in [-0.3, -0.25) is 9.78 Å². The van der Waals surface area contributed by atoms with Gasteiger partial charge in [-0.25, -0.2) is 4.79 Å². The first-order chi connectivity index (χ1) is 10.2. The number of rotatable bonds is 5. The predicted octanol–water partition coefficient (Wildman–Crippen LogP) is 1.06. The number of nitrogens with zero attached hydrogens (tertiary/aromatic N) is 2. The van der Waals surface area contributed by atoms with Crippen LogP contribution in [0.15, 0.2) is 24.4 Å². The quantitative estimate of drug-likeness (QED) is 0.850. The molecular formula is C15H22N4O2. The normalized spacial score (nSPS) is 18.3. The molecule has 1 atom stereocenters. The minimum absolute atomic E-state index is 0.0638. The fourth-order valence-electron chi connectivity index (χ4n) is 2.66. The van der Waals surface area contributed by atoms with Gasteiger partial charge in [-0.1, -0.05) is 6.07 Å². The van der Waals surface area contributed by atoms with Gasteiger partial charge in [0.1, 0.15) is 0 Å². The van der Waals surface area contributed by atoms with E-state index < -0.39 is 0 Å². The third-order valence-electron chi connectivity index (χ3n) is 3.71. The van der Waals surface area contributed by atoms with Gasteiger partial charge in [-0.15, -0.1) is 0 Å². The lowest BCUT2D eigenvalue weighted by molar-refractivity contribution is -0.119. The molecule has 21 heavy (non-hydrogen) atoms. The maximum atomic E-state index is 12.2. The van der Waals surface area contributed by atoms with Crippen LogP contribution in [0.25, 0.3) is 0 Å². The summed E-state index contributed by atoms with van der Waals surface area (Å²) in [5, 5.41) is 2.90. The van der Waals surface area contributed by atoms with Gasteiger partial charge in [-0.05, 0) is 31.4 Å². The van der Waals surface area contributed by atoms with E-state index in [9.17, 15) is 9.59 Å². The van der Waals surface area contributed by atoms with Crippen molar-refractivity contribution in [1.29, 1.82) is 0 Å². The van der Waals surface area contributed by atoms with Gasteiger partial charge in [-0.2, -0.15) is 0 Å². The molecule has 3 amide bonds. The standard InChI is InChI=1S/C15H22N4O2/c16-14(20)11-13-6-2-4-10-19(13)15(21)18-9-7-12-5-1-3-8-17-12/h1,3,5,8,13H,2,4,6-7,9-11H2,(H2,16,20)(H,18,21)/t13-/m1/s1. The number of likely N-dealkylation sites (tertiary alicyclic amines) is 1. The van der Waals surface area contributed by atoms with Gasteiger partial charge in [0.15, 0.2) is 0 Å². The SMILES string of the molecule is NC(=O)C[C@H]1CCCCN1C(=O)NCCc1ccccn1. The van der Waals surface area contributed by atoms with Crippen LogP contribution in [-0.4, -0.2) is 41.0 Å². The monoisotopic (exact) mass is 290 g/mol. The average molecular weight is 290 g/mol. The summed E-state index contributed by atoms with van der Waals surface area (Å²) in [6.07, 6.45) is 5.54. The number of pyridine rings is 1. The Hall–Kier alpha value is -2.11. The number of urea groups is 1. The lowest BCUT2D eigenvalue weighted by Crippen LogP contribution is -2.50. The number of hydrogen-bond donors (Lipinski definition) is 2. The molecule has 1 aromatic rings. The van der Waals surface area contributed by atoms with Crippen LogP contribution < -0.4 is 11.1 Å². The Bertz CT molecular complexity index is 478. The molecule has 0 bridgehead atoms. The molecule has 1 saturated heterocycles. The van der Waals surface area contributed by atoms with Gasteiger partial charge < -0.3 is 16.0 Å². The van der Waals surface area contributed by atoms with Gasteiger partial charge in [0.25, 0.3) is 0 Å². The van der Waals surface area contributed by atoms with Crippen molar-refractivity contribution < 1.29 is 9.59 Å². The molecule has 0 aliphatic carbocycles. The summed E-state index contributed by atoms with van der Waals surface area (Å²) in [6.45, 7) is 1.23. The number of hydrogen-bond acceptors (Lipinski definition) is 3. The molecule has 6 heteroatoms. The van der Waals surface area contributed by atoms with Gasteiger partial charge in [0.05, 0.1) is 0 Å². The number of carbonyl (C=O) groups excluding carboxylic acids is 2. The molecule has 0 saturated carbocycles. The summed E-state index contributed by atoms with van der Waals surface area (Å²) in [5.41, 5.74) is 6.21. The number of amides is 3.